The molecule has 2 atom stereocenters. The number of hydrogen-bond acceptors (Lipinski definition) is 5. The third-order valence-corrected chi connectivity index (χ3v) is 6.59. The van der Waals surface area contributed by atoms with E-state index in [2.05, 4.69) is 10.3 Å². The summed E-state index contributed by atoms with van der Waals surface area (Å²) in [4.78, 5) is 18.1. The van der Waals surface area contributed by atoms with E-state index in [-0.39, 0.29) is 17.0 Å². The summed E-state index contributed by atoms with van der Waals surface area (Å²) in [6.45, 7) is 1.63. The number of hydrogen-bond donors (Lipinski definition) is 1. The van der Waals surface area contributed by atoms with E-state index in [0.29, 0.717) is 28.0 Å². The molecular weight excluding hydrogens is 426 g/mol. The van der Waals surface area contributed by atoms with Crippen LogP contribution in [-0.4, -0.2) is 43.4 Å². The average Bonchev–Trinajstić information content (AvgIpc) is 3.30. The fraction of sp³-hybridized carbons (Fsp3) is 0.333. The van der Waals surface area contributed by atoms with Gasteiger partial charge >= 0.3 is 0 Å². The normalized spacial score (nSPS) is 18.3. The van der Waals surface area contributed by atoms with Crippen LogP contribution in [0.1, 0.15) is 12.0 Å². The first-order valence-electron chi connectivity index (χ1n) is 9.61. The van der Waals surface area contributed by atoms with Crippen LogP contribution in [0, 0.1) is 18.7 Å². The lowest BCUT2D eigenvalue weighted by Crippen LogP contribution is -2.17. The van der Waals surface area contributed by atoms with Crippen molar-refractivity contribution in [3.63, 3.8) is 0 Å². The third kappa shape index (κ3) is 3.87. The number of aryl methyl sites for hydroxylation is 2. The first kappa shape index (κ1) is 21.2. The van der Waals surface area contributed by atoms with Crippen molar-refractivity contribution in [1.82, 2.24) is 9.55 Å². The number of benzene rings is 2. The van der Waals surface area contributed by atoms with Gasteiger partial charge in [-0.25, -0.2) is 22.2 Å². The zero-order valence-electron chi connectivity index (χ0n) is 17.5. The maximum Gasteiger partial charge on any atom is 0.230 e. The van der Waals surface area contributed by atoms with Gasteiger partial charge in [-0.3, -0.25) is 4.79 Å². The van der Waals surface area contributed by atoms with Crippen molar-refractivity contribution >= 4 is 43.8 Å². The van der Waals surface area contributed by atoms with E-state index in [1.54, 1.807) is 48.9 Å². The van der Waals surface area contributed by atoms with E-state index < -0.39 is 33.7 Å². The van der Waals surface area contributed by atoms with E-state index in [0.717, 1.165) is 12.3 Å². The second kappa shape index (κ2) is 7.30. The van der Waals surface area contributed by atoms with Gasteiger partial charge < -0.3 is 14.8 Å². The number of amides is 1. The lowest BCUT2D eigenvalue weighted by Gasteiger charge is -2.24. The topological polar surface area (TPSA) is 84.3 Å². The van der Waals surface area contributed by atoms with Gasteiger partial charge in [-0.05, 0) is 43.2 Å². The fourth-order valence-electron chi connectivity index (χ4n) is 3.64. The van der Waals surface area contributed by atoms with E-state index in [9.17, 15) is 22.0 Å². The van der Waals surface area contributed by atoms with Crippen LogP contribution in [0.5, 0.6) is 0 Å². The highest BCUT2D eigenvalue weighted by Gasteiger charge is 2.43. The number of carbonyl (C=O) groups is 1. The monoisotopic (exact) mass is 448 g/mol. The summed E-state index contributed by atoms with van der Waals surface area (Å²) in [7, 11) is -0.123. The Kier molecular flexibility index (Phi) is 5.00. The van der Waals surface area contributed by atoms with Crippen molar-refractivity contribution in [3.8, 4) is 0 Å². The number of nitrogens with one attached hydrogen (secondary N) is 1. The van der Waals surface area contributed by atoms with Crippen LogP contribution in [0.15, 0.2) is 35.5 Å². The lowest BCUT2D eigenvalue weighted by atomic mass is 10.1. The van der Waals surface area contributed by atoms with Crippen LogP contribution in [0.4, 0.5) is 25.8 Å². The van der Waals surface area contributed by atoms with Crippen molar-refractivity contribution in [3.05, 3.63) is 42.0 Å². The van der Waals surface area contributed by atoms with Gasteiger partial charge in [-0.1, -0.05) is 0 Å². The SMILES string of the molecule is Cc1cc(S(C)(=O)=O)cc(F)c1N(C)c1cc(NC(=O)[C@H]2C[C@H]2F)c2ncn(C)c2c1. The average molecular weight is 448 g/mol. The molecule has 1 amide bonds. The molecule has 1 aromatic heterocycles. The Labute approximate surface area is 178 Å². The Morgan fingerprint density at radius 2 is 1.97 bits per heavy atom. The van der Waals surface area contributed by atoms with Crippen molar-refractivity contribution in [2.24, 2.45) is 13.0 Å². The molecule has 31 heavy (non-hydrogen) atoms. The number of rotatable bonds is 5. The number of sulfone groups is 1. The van der Waals surface area contributed by atoms with Crippen molar-refractivity contribution < 1.29 is 22.0 Å². The number of anilines is 3. The van der Waals surface area contributed by atoms with E-state index in [4.69, 9.17) is 0 Å². The summed E-state index contributed by atoms with van der Waals surface area (Å²) in [5.74, 6) is -1.76. The van der Waals surface area contributed by atoms with Crippen LogP contribution < -0.4 is 10.2 Å². The highest BCUT2D eigenvalue weighted by Crippen LogP contribution is 2.38. The number of aromatic nitrogens is 2. The highest BCUT2D eigenvalue weighted by atomic mass is 32.2. The summed E-state index contributed by atoms with van der Waals surface area (Å²) in [5, 5.41) is 2.74. The summed E-state index contributed by atoms with van der Waals surface area (Å²) in [6.07, 6.45) is 1.69. The quantitative estimate of drug-likeness (QED) is 0.646. The maximum absolute atomic E-state index is 14.9. The summed E-state index contributed by atoms with van der Waals surface area (Å²) >= 11 is 0. The molecule has 1 aliphatic rings. The van der Waals surface area contributed by atoms with Crippen LogP contribution in [0.2, 0.25) is 0 Å². The first-order chi connectivity index (χ1) is 14.5. The number of nitrogens with zero attached hydrogens (tertiary/aromatic N) is 3. The number of carbonyl (C=O) groups excluding carboxylic acids is 1. The molecule has 164 valence electrons. The molecule has 0 bridgehead atoms. The van der Waals surface area contributed by atoms with Crippen LogP contribution in [-0.2, 0) is 21.7 Å². The molecule has 1 N–H and O–H groups in total. The van der Waals surface area contributed by atoms with E-state index in [1.165, 1.54) is 6.07 Å². The van der Waals surface area contributed by atoms with Crippen molar-refractivity contribution in [2.75, 3.05) is 23.5 Å². The molecule has 3 aromatic rings. The third-order valence-electron chi connectivity index (χ3n) is 5.50. The molecule has 0 unspecified atom stereocenters. The molecule has 7 nitrogen and oxygen atoms in total. The summed E-state index contributed by atoms with van der Waals surface area (Å²) in [5.41, 5.74) is 2.82. The van der Waals surface area contributed by atoms with Gasteiger partial charge in [0, 0.05) is 26.0 Å². The standard InChI is InChI=1S/C21H22F2N4O3S/c1-11-5-13(31(4,29)30)8-16(23)20(11)27(3)12-6-17(25-21(28)14-9-15(14)22)19-18(7-12)26(2)10-24-19/h5-8,10,14-15H,9H2,1-4H3,(H,25,28)/t14-,15+/m0/s1. The minimum Gasteiger partial charge on any atom is -0.342 e. The minimum atomic E-state index is -3.56. The van der Waals surface area contributed by atoms with Gasteiger partial charge in [-0.2, -0.15) is 0 Å². The Morgan fingerprint density at radius 3 is 2.55 bits per heavy atom. The predicted molar refractivity (Wildman–Crippen MR) is 115 cm³/mol. The molecule has 1 fully saturated rings. The van der Waals surface area contributed by atoms with Gasteiger partial charge in [-0.15, -0.1) is 0 Å². The van der Waals surface area contributed by atoms with Gasteiger partial charge in [0.1, 0.15) is 17.5 Å². The predicted octanol–water partition coefficient (Wildman–Crippen LogP) is 3.49. The smallest absolute Gasteiger partial charge is 0.230 e. The van der Waals surface area contributed by atoms with Gasteiger partial charge in [0.15, 0.2) is 9.84 Å². The Hall–Kier alpha value is -3.01. The molecule has 2 aromatic carbocycles. The zero-order chi connectivity index (χ0) is 22.7. The van der Waals surface area contributed by atoms with Crippen molar-refractivity contribution in [1.29, 1.82) is 0 Å². The highest BCUT2D eigenvalue weighted by molar-refractivity contribution is 7.90. The second-order valence-electron chi connectivity index (χ2n) is 7.97. The number of halogens is 2. The molecule has 0 saturated heterocycles. The molecule has 1 aliphatic carbocycles. The first-order valence-corrected chi connectivity index (χ1v) is 11.5. The van der Waals surface area contributed by atoms with Crippen molar-refractivity contribution in [2.45, 2.75) is 24.4 Å². The molecule has 0 spiro atoms. The fourth-order valence-corrected chi connectivity index (χ4v) is 4.35. The van der Waals surface area contributed by atoms with Gasteiger partial charge in [0.2, 0.25) is 5.91 Å². The molecule has 0 aliphatic heterocycles. The number of alkyl halides is 1. The minimum absolute atomic E-state index is 0.0973. The lowest BCUT2D eigenvalue weighted by molar-refractivity contribution is -0.117. The van der Waals surface area contributed by atoms with Crippen LogP contribution in [0.25, 0.3) is 11.0 Å². The van der Waals surface area contributed by atoms with E-state index >= 15 is 0 Å². The Morgan fingerprint density at radius 1 is 1.29 bits per heavy atom. The number of imidazole rings is 1. The van der Waals surface area contributed by atoms with Crippen LogP contribution in [0.3, 0.4) is 0 Å². The maximum atomic E-state index is 14.9. The van der Waals surface area contributed by atoms with Gasteiger partial charge in [0.25, 0.3) is 0 Å². The zero-order valence-corrected chi connectivity index (χ0v) is 18.3. The number of fused-ring (bicyclic) bond motifs is 1. The molecular formula is C21H22F2N4O3S. The molecule has 0 radical (unpaired) electrons. The second-order valence-corrected chi connectivity index (χ2v) is 9.98. The molecule has 1 heterocycles. The van der Waals surface area contributed by atoms with Crippen LogP contribution >= 0.6 is 0 Å². The molecule has 4 rings (SSSR count). The largest absolute Gasteiger partial charge is 0.342 e. The summed E-state index contributed by atoms with van der Waals surface area (Å²) < 4.78 is 53.6. The summed E-state index contributed by atoms with van der Waals surface area (Å²) in [6, 6.07) is 5.85. The molecule has 10 heteroatoms. The molecule has 1 saturated carbocycles. The van der Waals surface area contributed by atoms with Gasteiger partial charge in [0.05, 0.1) is 34.0 Å². The Balaban J connectivity index is 1.79. The van der Waals surface area contributed by atoms with E-state index in [1.807, 2.05) is 0 Å². The Bertz CT molecular complexity index is 1300.